The van der Waals surface area contributed by atoms with Crippen molar-refractivity contribution < 1.29 is 5.11 Å². The summed E-state index contributed by atoms with van der Waals surface area (Å²) in [6.45, 7) is 0. The summed E-state index contributed by atoms with van der Waals surface area (Å²) in [6.07, 6.45) is 0.135. The third-order valence-electron chi connectivity index (χ3n) is 1.88. The van der Waals surface area contributed by atoms with Gasteiger partial charge < -0.3 is 16.6 Å². The van der Waals surface area contributed by atoms with Crippen molar-refractivity contribution in [2.24, 2.45) is 5.73 Å². The van der Waals surface area contributed by atoms with Gasteiger partial charge >= 0.3 is 0 Å². The van der Waals surface area contributed by atoms with Gasteiger partial charge in [-0.15, -0.1) is 0 Å². The lowest BCUT2D eigenvalue weighted by Crippen LogP contribution is -2.11. The summed E-state index contributed by atoms with van der Waals surface area (Å²) in [7, 11) is 0. The second kappa shape index (κ2) is 4.31. The second-order valence-corrected chi connectivity index (χ2v) is 3.72. The molecule has 0 aliphatic carbocycles. The standard InChI is InChI=1S/C9H10BrN3O/c10-5-1-2-7(13)9(14)8(5)6(12)3-4-11/h1-2,6,14H,3,12-13H2. The van der Waals surface area contributed by atoms with Crippen molar-refractivity contribution in [2.75, 3.05) is 5.73 Å². The highest BCUT2D eigenvalue weighted by molar-refractivity contribution is 9.10. The summed E-state index contributed by atoms with van der Waals surface area (Å²) in [6, 6.07) is 4.68. The number of nitriles is 1. The van der Waals surface area contributed by atoms with Crippen LogP contribution in [0.5, 0.6) is 5.75 Å². The van der Waals surface area contributed by atoms with Crippen molar-refractivity contribution in [1.82, 2.24) is 0 Å². The van der Waals surface area contributed by atoms with Gasteiger partial charge in [0.05, 0.1) is 18.2 Å². The fraction of sp³-hybridized carbons (Fsp3) is 0.222. The van der Waals surface area contributed by atoms with E-state index in [0.29, 0.717) is 10.0 Å². The van der Waals surface area contributed by atoms with Crippen molar-refractivity contribution in [3.63, 3.8) is 0 Å². The minimum Gasteiger partial charge on any atom is -0.505 e. The van der Waals surface area contributed by atoms with Crippen LogP contribution in [0.25, 0.3) is 0 Å². The first kappa shape index (κ1) is 10.8. The lowest BCUT2D eigenvalue weighted by Gasteiger charge is -2.13. The molecular formula is C9H10BrN3O. The minimum atomic E-state index is -0.530. The molecule has 1 aromatic rings. The third-order valence-corrected chi connectivity index (χ3v) is 2.57. The average molecular weight is 256 g/mol. The molecule has 0 fully saturated rings. The van der Waals surface area contributed by atoms with Gasteiger partial charge in [0.2, 0.25) is 0 Å². The van der Waals surface area contributed by atoms with Crippen LogP contribution in [0.1, 0.15) is 18.0 Å². The van der Waals surface area contributed by atoms with Gasteiger partial charge in [0.25, 0.3) is 0 Å². The predicted octanol–water partition coefficient (Wildman–Crippen LogP) is 1.65. The monoisotopic (exact) mass is 255 g/mol. The van der Waals surface area contributed by atoms with Gasteiger partial charge in [-0.3, -0.25) is 0 Å². The molecular weight excluding hydrogens is 246 g/mol. The van der Waals surface area contributed by atoms with Crippen LogP contribution < -0.4 is 11.5 Å². The normalized spacial score (nSPS) is 12.1. The molecule has 0 bridgehead atoms. The van der Waals surface area contributed by atoms with E-state index in [-0.39, 0.29) is 17.9 Å². The Kier molecular flexibility index (Phi) is 3.33. The number of anilines is 1. The number of hydrogen-bond acceptors (Lipinski definition) is 4. The maximum absolute atomic E-state index is 9.63. The molecule has 0 saturated heterocycles. The Bertz CT molecular complexity index is 386. The molecule has 4 nitrogen and oxygen atoms in total. The van der Waals surface area contributed by atoms with Crippen molar-refractivity contribution in [1.29, 1.82) is 5.26 Å². The van der Waals surface area contributed by atoms with E-state index in [1.54, 1.807) is 12.1 Å². The second-order valence-electron chi connectivity index (χ2n) is 2.87. The number of hydrogen-bond donors (Lipinski definition) is 3. The zero-order valence-corrected chi connectivity index (χ0v) is 8.95. The van der Waals surface area contributed by atoms with E-state index in [1.807, 2.05) is 6.07 Å². The Morgan fingerprint density at radius 1 is 1.57 bits per heavy atom. The predicted molar refractivity (Wildman–Crippen MR) is 57.4 cm³/mol. The number of halogens is 1. The maximum atomic E-state index is 9.63. The van der Waals surface area contributed by atoms with E-state index >= 15 is 0 Å². The number of aromatic hydroxyl groups is 1. The van der Waals surface area contributed by atoms with Crippen LogP contribution in [0.15, 0.2) is 16.6 Å². The summed E-state index contributed by atoms with van der Waals surface area (Å²) in [5.41, 5.74) is 12.0. The van der Waals surface area contributed by atoms with Crippen molar-refractivity contribution >= 4 is 21.6 Å². The topological polar surface area (TPSA) is 96.1 Å². The van der Waals surface area contributed by atoms with Crippen LogP contribution in [0.3, 0.4) is 0 Å². The zero-order valence-electron chi connectivity index (χ0n) is 7.37. The molecule has 0 radical (unpaired) electrons. The summed E-state index contributed by atoms with van der Waals surface area (Å²) in [5, 5.41) is 18.1. The fourth-order valence-electron chi connectivity index (χ4n) is 1.15. The van der Waals surface area contributed by atoms with E-state index in [1.165, 1.54) is 0 Å². The van der Waals surface area contributed by atoms with Gasteiger partial charge in [-0.2, -0.15) is 5.26 Å². The zero-order chi connectivity index (χ0) is 10.7. The van der Waals surface area contributed by atoms with Gasteiger partial charge in [-0.25, -0.2) is 0 Å². The summed E-state index contributed by atoms with van der Waals surface area (Å²) in [4.78, 5) is 0. The molecule has 5 N–H and O–H groups in total. The van der Waals surface area contributed by atoms with E-state index < -0.39 is 6.04 Å². The Hall–Kier alpha value is -1.25. The van der Waals surface area contributed by atoms with Crippen LogP contribution in [-0.4, -0.2) is 5.11 Å². The number of phenols is 1. The highest BCUT2D eigenvalue weighted by Crippen LogP contribution is 2.36. The first-order valence-electron chi connectivity index (χ1n) is 3.97. The van der Waals surface area contributed by atoms with Crippen molar-refractivity contribution in [3.8, 4) is 11.8 Å². The molecule has 5 heteroatoms. The summed E-state index contributed by atoms with van der Waals surface area (Å²) in [5.74, 6) is -0.0536. The lowest BCUT2D eigenvalue weighted by atomic mass is 10.0. The van der Waals surface area contributed by atoms with Crippen molar-refractivity contribution in [2.45, 2.75) is 12.5 Å². The molecule has 1 atom stereocenters. The maximum Gasteiger partial charge on any atom is 0.144 e. The van der Waals surface area contributed by atoms with Crippen LogP contribution >= 0.6 is 15.9 Å². The SMILES string of the molecule is N#CCC(N)c1c(Br)ccc(N)c1O. The number of nitrogens with two attached hydrogens (primary N) is 2. The first-order chi connectivity index (χ1) is 6.57. The first-order valence-corrected chi connectivity index (χ1v) is 4.76. The van der Waals surface area contributed by atoms with Gasteiger partial charge in [-0.05, 0) is 12.1 Å². The van der Waals surface area contributed by atoms with Gasteiger partial charge in [0.15, 0.2) is 0 Å². The summed E-state index contributed by atoms with van der Waals surface area (Å²) >= 11 is 3.25. The number of benzene rings is 1. The molecule has 1 rings (SSSR count). The smallest absolute Gasteiger partial charge is 0.144 e. The van der Waals surface area contributed by atoms with Crippen molar-refractivity contribution in [3.05, 3.63) is 22.2 Å². The number of phenolic OH excluding ortho intramolecular Hbond substituents is 1. The largest absolute Gasteiger partial charge is 0.505 e. The average Bonchev–Trinajstić information content (AvgIpc) is 2.13. The van der Waals surface area contributed by atoms with Crippen LogP contribution in [-0.2, 0) is 0 Å². The van der Waals surface area contributed by atoms with Gasteiger partial charge in [-0.1, -0.05) is 15.9 Å². The molecule has 0 heterocycles. The Labute approximate surface area is 90.3 Å². The van der Waals surface area contributed by atoms with Crippen LogP contribution in [0.4, 0.5) is 5.69 Å². The lowest BCUT2D eigenvalue weighted by molar-refractivity contribution is 0.464. The van der Waals surface area contributed by atoms with E-state index in [4.69, 9.17) is 16.7 Å². The molecule has 0 spiro atoms. The number of rotatable bonds is 2. The molecule has 1 aromatic carbocycles. The molecule has 0 aliphatic rings. The molecule has 0 amide bonds. The molecule has 0 saturated carbocycles. The fourth-order valence-corrected chi connectivity index (χ4v) is 1.77. The van der Waals surface area contributed by atoms with Crippen LogP contribution in [0.2, 0.25) is 0 Å². The highest BCUT2D eigenvalue weighted by Gasteiger charge is 2.16. The Balaban J connectivity index is 3.19. The third kappa shape index (κ3) is 1.97. The Morgan fingerprint density at radius 3 is 2.79 bits per heavy atom. The quantitative estimate of drug-likeness (QED) is 0.553. The van der Waals surface area contributed by atoms with E-state index in [9.17, 15) is 5.11 Å². The van der Waals surface area contributed by atoms with Gasteiger partial charge in [0, 0.05) is 16.1 Å². The Morgan fingerprint density at radius 2 is 2.21 bits per heavy atom. The number of nitrogens with zero attached hydrogens (tertiary/aromatic N) is 1. The molecule has 1 unspecified atom stereocenters. The molecule has 0 aromatic heterocycles. The highest BCUT2D eigenvalue weighted by atomic mass is 79.9. The van der Waals surface area contributed by atoms with Gasteiger partial charge in [0.1, 0.15) is 5.75 Å². The van der Waals surface area contributed by atoms with Crippen LogP contribution in [0, 0.1) is 11.3 Å². The summed E-state index contributed by atoms with van der Waals surface area (Å²) < 4.78 is 0.659. The number of nitrogen functional groups attached to an aromatic ring is 1. The van der Waals surface area contributed by atoms with E-state index in [0.717, 1.165) is 0 Å². The molecule has 14 heavy (non-hydrogen) atoms. The van der Waals surface area contributed by atoms with E-state index in [2.05, 4.69) is 15.9 Å². The minimum absolute atomic E-state index is 0.0536. The molecule has 74 valence electrons. The molecule has 0 aliphatic heterocycles.